The fourth-order valence-corrected chi connectivity index (χ4v) is 2.07. The molecule has 0 aliphatic rings. The van der Waals surface area contributed by atoms with Gasteiger partial charge in [0.05, 0.1) is 12.4 Å². The van der Waals surface area contributed by atoms with Crippen LogP contribution in [0, 0.1) is 5.41 Å². The van der Waals surface area contributed by atoms with E-state index in [9.17, 15) is 0 Å². The Morgan fingerprint density at radius 1 is 1.45 bits per heavy atom. The fourth-order valence-electron chi connectivity index (χ4n) is 2.07. The summed E-state index contributed by atoms with van der Waals surface area (Å²) in [5.74, 6) is 0.927. The number of rotatable bonds is 5. The Hall–Kier alpha value is -1.73. The van der Waals surface area contributed by atoms with Crippen LogP contribution in [0.1, 0.15) is 50.3 Å². The first-order valence-corrected chi connectivity index (χ1v) is 6.51. The second-order valence-electron chi connectivity index (χ2n) is 5.86. The summed E-state index contributed by atoms with van der Waals surface area (Å²) in [6, 6.07) is -0.367. The van der Waals surface area contributed by atoms with Crippen LogP contribution in [0.15, 0.2) is 17.0 Å². The molecule has 0 fully saturated rings. The lowest BCUT2D eigenvalue weighted by Crippen LogP contribution is -2.21. The van der Waals surface area contributed by atoms with E-state index in [-0.39, 0.29) is 17.6 Å². The zero-order valence-electron chi connectivity index (χ0n) is 12.3. The second kappa shape index (κ2) is 5.72. The van der Waals surface area contributed by atoms with E-state index in [1.54, 1.807) is 19.6 Å². The van der Waals surface area contributed by atoms with Gasteiger partial charge in [0.15, 0.2) is 0 Å². The minimum absolute atomic E-state index is 0.122. The van der Waals surface area contributed by atoms with Gasteiger partial charge in [-0.3, -0.25) is 0 Å². The van der Waals surface area contributed by atoms with Crippen molar-refractivity contribution in [1.29, 1.82) is 0 Å². The SMILES string of the molecule is COC(c1noc([C@@H](N)Cc2cnc[nH]2)n1)C(C)(C)C. The van der Waals surface area contributed by atoms with Crippen molar-refractivity contribution in [3.8, 4) is 0 Å². The molecule has 0 saturated heterocycles. The molecule has 7 nitrogen and oxygen atoms in total. The summed E-state index contributed by atoms with van der Waals surface area (Å²) in [4.78, 5) is 11.3. The third-order valence-electron chi connectivity index (χ3n) is 3.03. The smallest absolute Gasteiger partial charge is 0.244 e. The summed E-state index contributed by atoms with van der Waals surface area (Å²) in [6.45, 7) is 6.17. The maximum atomic E-state index is 6.07. The molecule has 0 aromatic carbocycles. The number of nitrogens with one attached hydrogen (secondary N) is 1. The van der Waals surface area contributed by atoms with E-state index < -0.39 is 0 Å². The van der Waals surface area contributed by atoms with Gasteiger partial charge in [0.25, 0.3) is 0 Å². The number of methoxy groups -OCH3 is 1. The largest absolute Gasteiger partial charge is 0.373 e. The van der Waals surface area contributed by atoms with Gasteiger partial charge in [-0.25, -0.2) is 4.98 Å². The molecule has 2 aromatic rings. The number of aromatic amines is 1. The molecule has 0 aliphatic carbocycles. The van der Waals surface area contributed by atoms with Gasteiger partial charge in [-0.1, -0.05) is 25.9 Å². The fraction of sp³-hybridized carbons (Fsp3) is 0.615. The highest BCUT2D eigenvalue weighted by molar-refractivity contribution is 5.04. The van der Waals surface area contributed by atoms with Crippen molar-refractivity contribution in [2.24, 2.45) is 11.1 Å². The average Bonchev–Trinajstić information content (AvgIpc) is 2.99. The summed E-state index contributed by atoms with van der Waals surface area (Å²) in [6.07, 6.45) is 3.67. The number of nitrogens with two attached hydrogens (primary N) is 1. The van der Waals surface area contributed by atoms with Gasteiger partial charge in [0, 0.05) is 25.4 Å². The Labute approximate surface area is 117 Å². The molecule has 0 spiro atoms. The van der Waals surface area contributed by atoms with Crippen LogP contribution < -0.4 is 5.73 Å². The van der Waals surface area contributed by atoms with E-state index in [2.05, 4.69) is 40.9 Å². The molecule has 3 N–H and O–H groups in total. The molecule has 0 radical (unpaired) electrons. The van der Waals surface area contributed by atoms with Crippen LogP contribution in [-0.4, -0.2) is 27.2 Å². The lowest BCUT2D eigenvalue weighted by Gasteiger charge is -2.26. The molecule has 2 aromatic heterocycles. The van der Waals surface area contributed by atoms with Crippen LogP contribution in [0.5, 0.6) is 0 Å². The van der Waals surface area contributed by atoms with E-state index in [4.69, 9.17) is 15.0 Å². The Balaban J connectivity index is 2.11. The molecular weight excluding hydrogens is 258 g/mol. The number of hydrogen-bond acceptors (Lipinski definition) is 6. The number of nitrogens with zero attached hydrogens (tertiary/aromatic N) is 3. The minimum atomic E-state index is -0.367. The maximum absolute atomic E-state index is 6.07. The molecule has 0 amide bonds. The van der Waals surface area contributed by atoms with Gasteiger partial charge in [0.1, 0.15) is 6.10 Å². The van der Waals surface area contributed by atoms with E-state index in [0.29, 0.717) is 18.1 Å². The number of hydrogen-bond donors (Lipinski definition) is 2. The van der Waals surface area contributed by atoms with Crippen molar-refractivity contribution >= 4 is 0 Å². The third kappa shape index (κ3) is 3.23. The summed E-state index contributed by atoms with van der Waals surface area (Å²) in [5, 5.41) is 3.99. The average molecular weight is 279 g/mol. The Morgan fingerprint density at radius 3 is 2.75 bits per heavy atom. The molecule has 2 atom stereocenters. The molecule has 2 heterocycles. The van der Waals surface area contributed by atoms with Crippen molar-refractivity contribution in [3.05, 3.63) is 29.9 Å². The molecule has 0 aliphatic heterocycles. The third-order valence-corrected chi connectivity index (χ3v) is 3.03. The Morgan fingerprint density at radius 2 is 2.20 bits per heavy atom. The topological polar surface area (TPSA) is 103 Å². The molecule has 1 unspecified atom stereocenters. The van der Waals surface area contributed by atoms with E-state index >= 15 is 0 Å². The highest BCUT2D eigenvalue weighted by Crippen LogP contribution is 2.34. The Kier molecular flexibility index (Phi) is 4.20. The van der Waals surface area contributed by atoms with Crippen LogP contribution in [0.4, 0.5) is 0 Å². The molecule has 20 heavy (non-hydrogen) atoms. The standard InChI is InChI=1S/C13H21N5O2/c1-13(2,3)10(19-4)11-17-12(20-18-11)9(14)5-8-6-15-7-16-8/h6-7,9-10H,5,14H2,1-4H3,(H,15,16)/t9-,10?/m0/s1. The van der Waals surface area contributed by atoms with Gasteiger partial charge in [-0.05, 0) is 5.41 Å². The maximum Gasteiger partial charge on any atom is 0.244 e. The number of ether oxygens (including phenoxy) is 1. The van der Waals surface area contributed by atoms with Crippen LogP contribution >= 0.6 is 0 Å². The van der Waals surface area contributed by atoms with Gasteiger partial charge in [-0.2, -0.15) is 4.98 Å². The molecular formula is C13H21N5O2. The van der Waals surface area contributed by atoms with Crippen LogP contribution in [0.2, 0.25) is 0 Å². The number of H-pyrrole nitrogens is 1. The van der Waals surface area contributed by atoms with Gasteiger partial charge in [0.2, 0.25) is 11.7 Å². The number of imidazole rings is 1. The minimum Gasteiger partial charge on any atom is -0.373 e. The summed E-state index contributed by atoms with van der Waals surface area (Å²) < 4.78 is 10.7. The van der Waals surface area contributed by atoms with Crippen molar-refractivity contribution in [2.45, 2.75) is 39.3 Å². The molecule has 0 saturated carbocycles. The molecule has 0 bridgehead atoms. The highest BCUT2D eigenvalue weighted by atomic mass is 16.5. The van der Waals surface area contributed by atoms with Crippen LogP contribution in [0.3, 0.4) is 0 Å². The van der Waals surface area contributed by atoms with Crippen molar-refractivity contribution in [1.82, 2.24) is 20.1 Å². The molecule has 2 rings (SSSR count). The van der Waals surface area contributed by atoms with Crippen molar-refractivity contribution in [2.75, 3.05) is 7.11 Å². The summed E-state index contributed by atoms with van der Waals surface area (Å²) >= 11 is 0. The quantitative estimate of drug-likeness (QED) is 0.864. The predicted molar refractivity (Wildman–Crippen MR) is 72.7 cm³/mol. The lowest BCUT2D eigenvalue weighted by molar-refractivity contribution is 0.00718. The first kappa shape index (κ1) is 14.7. The predicted octanol–water partition coefficient (Wildman–Crippen LogP) is 1.77. The number of aromatic nitrogens is 4. The van der Waals surface area contributed by atoms with Gasteiger partial charge < -0.3 is 20.0 Å². The Bertz CT molecular complexity index is 529. The zero-order valence-corrected chi connectivity index (χ0v) is 12.3. The van der Waals surface area contributed by atoms with Crippen molar-refractivity contribution < 1.29 is 9.26 Å². The zero-order chi connectivity index (χ0) is 14.8. The van der Waals surface area contributed by atoms with Gasteiger partial charge in [-0.15, -0.1) is 0 Å². The highest BCUT2D eigenvalue weighted by Gasteiger charge is 2.31. The van der Waals surface area contributed by atoms with Crippen LogP contribution in [0.25, 0.3) is 0 Å². The van der Waals surface area contributed by atoms with Crippen LogP contribution in [-0.2, 0) is 11.2 Å². The normalized spacial score (nSPS) is 15.2. The molecule has 7 heteroatoms. The van der Waals surface area contributed by atoms with Crippen molar-refractivity contribution in [3.63, 3.8) is 0 Å². The lowest BCUT2D eigenvalue weighted by atomic mass is 9.88. The van der Waals surface area contributed by atoms with E-state index in [1.165, 1.54) is 0 Å². The summed E-state index contributed by atoms with van der Waals surface area (Å²) in [5.41, 5.74) is 6.87. The van der Waals surface area contributed by atoms with E-state index in [1.807, 2.05) is 0 Å². The summed E-state index contributed by atoms with van der Waals surface area (Å²) in [7, 11) is 1.64. The first-order valence-electron chi connectivity index (χ1n) is 6.51. The second-order valence-corrected chi connectivity index (χ2v) is 5.86. The van der Waals surface area contributed by atoms with E-state index in [0.717, 1.165) is 5.69 Å². The van der Waals surface area contributed by atoms with Gasteiger partial charge >= 0.3 is 0 Å². The molecule has 110 valence electrons. The first-order chi connectivity index (χ1) is 9.41. The monoisotopic (exact) mass is 279 g/mol.